The first-order valence-corrected chi connectivity index (χ1v) is 9.47. The van der Waals surface area contributed by atoms with Crippen LogP contribution in [0.5, 0.6) is 0 Å². The molecule has 2 rings (SSSR count). The minimum absolute atomic E-state index is 0.625. The molecular weight excluding hydrogens is 240 g/mol. The molecule has 0 N–H and O–H groups in total. The number of rotatable bonds is 10. The summed E-state index contributed by atoms with van der Waals surface area (Å²) in [5.74, 6) is 5.21. The van der Waals surface area contributed by atoms with E-state index in [1.54, 1.807) is 6.42 Å². The summed E-state index contributed by atoms with van der Waals surface area (Å²) in [6.07, 6.45) is 13.3. The van der Waals surface area contributed by atoms with E-state index in [1.165, 1.54) is 51.4 Å². The molecule has 0 aliphatic heterocycles. The van der Waals surface area contributed by atoms with Crippen LogP contribution in [0.15, 0.2) is 0 Å². The van der Waals surface area contributed by atoms with Crippen LogP contribution in [0.2, 0.25) is 0 Å². The molecule has 2 saturated carbocycles. The molecule has 0 heterocycles. The van der Waals surface area contributed by atoms with Crippen LogP contribution in [0.25, 0.3) is 0 Å². The first kappa shape index (κ1) is 16.4. The molecule has 0 aromatic rings. The Kier molecular flexibility index (Phi) is 5.60. The van der Waals surface area contributed by atoms with Gasteiger partial charge in [-0.1, -0.05) is 66.7 Å². The Bertz CT molecular complexity index is 286. The van der Waals surface area contributed by atoms with Crippen LogP contribution in [-0.4, -0.2) is 0 Å². The highest BCUT2D eigenvalue weighted by atomic mass is 14.5. The zero-order valence-corrected chi connectivity index (χ0v) is 14.8. The van der Waals surface area contributed by atoms with Crippen LogP contribution in [0.3, 0.4) is 0 Å². The van der Waals surface area contributed by atoms with Crippen molar-refractivity contribution in [1.29, 1.82) is 0 Å². The van der Waals surface area contributed by atoms with Gasteiger partial charge in [0.25, 0.3) is 0 Å². The van der Waals surface area contributed by atoms with Gasteiger partial charge in [-0.25, -0.2) is 0 Å². The Morgan fingerprint density at radius 1 is 1.10 bits per heavy atom. The summed E-state index contributed by atoms with van der Waals surface area (Å²) in [5.41, 5.74) is 0.625. The van der Waals surface area contributed by atoms with Crippen molar-refractivity contribution in [1.82, 2.24) is 0 Å². The summed E-state index contributed by atoms with van der Waals surface area (Å²) in [4.78, 5) is 0. The van der Waals surface area contributed by atoms with Crippen LogP contribution >= 0.6 is 0 Å². The smallest absolute Gasteiger partial charge is 0.0323 e. The molecule has 0 radical (unpaired) electrons. The van der Waals surface area contributed by atoms with Gasteiger partial charge in [-0.15, -0.1) is 0 Å². The van der Waals surface area contributed by atoms with Crippen molar-refractivity contribution in [2.24, 2.45) is 35.0 Å². The molecule has 2 aliphatic rings. The summed E-state index contributed by atoms with van der Waals surface area (Å²) in [6, 6.07) is 0. The Morgan fingerprint density at radius 3 is 2.35 bits per heavy atom. The molecule has 0 spiro atoms. The lowest BCUT2D eigenvalue weighted by molar-refractivity contribution is 0.214. The quantitative estimate of drug-likeness (QED) is 0.417. The highest BCUT2D eigenvalue weighted by Gasteiger charge is 2.40. The van der Waals surface area contributed by atoms with E-state index in [2.05, 4.69) is 34.6 Å². The van der Waals surface area contributed by atoms with Gasteiger partial charge in [0.2, 0.25) is 0 Å². The van der Waals surface area contributed by atoms with E-state index < -0.39 is 0 Å². The monoisotopic (exact) mass is 278 g/mol. The van der Waals surface area contributed by atoms with E-state index in [-0.39, 0.29) is 0 Å². The molecule has 0 saturated heterocycles. The van der Waals surface area contributed by atoms with Gasteiger partial charge in [0.15, 0.2) is 0 Å². The van der Waals surface area contributed by atoms with Crippen molar-refractivity contribution < 1.29 is 0 Å². The fourth-order valence-corrected chi connectivity index (χ4v) is 4.50. The van der Waals surface area contributed by atoms with Gasteiger partial charge in [0.1, 0.15) is 0 Å². The lowest BCUT2D eigenvalue weighted by atomic mass is 9.76. The van der Waals surface area contributed by atoms with E-state index in [1.807, 2.05) is 0 Å². The third-order valence-corrected chi connectivity index (χ3v) is 6.61. The molecule has 4 atom stereocenters. The average Bonchev–Trinajstić information content (AvgIpc) is 3.27. The van der Waals surface area contributed by atoms with Crippen LogP contribution in [-0.2, 0) is 0 Å². The van der Waals surface area contributed by atoms with Gasteiger partial charge in [-0.2, -0.15) is 0 Å². The zero-order valence-electron chi connectivity index (χ0n) is 14.8. The maximum Gasteiger partial charge on any atom is -0.0323 e. The Morgan fingerprint density at radius 2 is 1.80 bits per heavy atom. The standard InChI is InChI=1S/C20H38/c1-6-15(3)19-13-17(19)10-8-9-16(7-2)14-20(4,5)18-11-12-18/h15-19H,6-14H2,1-5H3. The molecule has 118 valence electrons. The van der Waals surface area contributed by atoms with E-state index in [0.29, 0.717) is 5.41 Å². The van der Waals surface area contributed by atoms with Gasteiger partial charge in [0.05, 0.1) is 0 Å². The second kappa shape index (κ2) is 6.84. The predicted octanol–water partition coefficient (Wildman–Crippen LogP) is 6.69. The van der Waals surface area contributed by atoms with Gasteiger partial charge in [0, 0.05) is 0 Å². The molecule has 2 fully saturated rings. The highest BCUT2D eigenvalue weighted by molar-refractivity contribution is 4.90. The lowest BCUT2D eigenvalue weighted by Gasteiger charge is -2.29. The van der Waals surface area contributed by atoms with Gasteiger partial charge < -0.3 is 0 Å². The van der Waals surface area contributed by atoms with Crippen molar-refractivity contribution in [3.8, 4) is 0 Å². The largest absolute Gasteiger partial charge is 0.0651 e. The molecular formula is C20H38. The third kappa shape index (κ3) is 4.50. The summed E-state index contributed by atoms with van der Waals surface area (Å²) >= 11 is 0. The molecule has 20 heavy (non-hydrogen) atoms. The third-order valence-electron chi connectivity index (χ3n) is 6.61. The second-order valence-corrected chi connectivity index (χ2v) is 8.72. The Balaban J connectivity index is 1.62. The lowest BCUT2D eigenvalue weighted by Crippen LogP contribution is -2.19. The zero-order chi connectivity index (χ0) is 14.8. The van der Waals surface area contributed by atoms with Crippen molar-refractivity contribution in [3.63, 3.8) is 0 Å². The van der Waals surface area contributed by atoms with E-state index in [0.717, 1.165) is 29.6 Å². The summed E-state index contributed by atoms with van der Waals surface area (Å²) in [6.45, 7) is 12.3. The van der Waals surface area contributed by atoms with Crippen LogP contribution in [0.1, 0.15) is 92.4 Å². The van der Waals surface area contributed by atoms with Crippen molar-refractivity contribution in [2.45, 2.75) is 92.4 Å². The van der Waals surface area contributed by atoms with Crippen molar-refractivity contribution >= 4 is 0 Å². The van der Waals surface area contributed by atoms with E-state index in [4.69, 9.17) is 0 Å². The van der Waals surface area contributed by atoms with Crippen LogP contribution < -0.4 is 0 Å². The van der Waals surface area contributed by atoms with Gasteiger partial charge in [-0.05, 0) is 60.7 Å². The Hall–Kier alpha value is 0. The number of hydrogen-bond acceptors (Lipinski definition) is 0. The second-order valence-electron chi connectivity index (χ2n) is 8.72. The minimum Gasteiger partial charge on any atom is -0.0651 e. The summed E-state index contributed by atoms with van der Waals surface area (Å²) in [5, 5.41) is 0. The molecule has 0 aromatic carbocycles. The first-order chi connectivity index (χ1) is 9.47. The molecule has 2 aliphatic carbocycles. The van der Waals surface area contributed by atoms with Gasteiger partial charge >= 0.3 is 0 Å². The van der Waals surface area contributed by atoms with Crippen LogP contribution in [0, 0.1) is 35.0 Å². The molecule has 0 aromatic heterocycles. The molecule has 0 bridgehead atoms. The van der Waals surface area contributed by atoms with E-state index in [9.17, 15) is 0 Å². The van der Waals surface area contributed by atoms with Crippen LogP contribution in [0.4, 0.5) is 0 Å². The van der Waals surface area contributed by atoms with E-state index >= 15 is 0 Å². The van der Waals surface area contributed by atoms with Crippen molar-refractivity contribution in [3.05, 3.63) is 0 Å². The average molecular weight is 279 g/mol. The number of hydrogen-bond donors (Lipinski definition) is 0. The normalized spacial score (nSPS) is 29.2. The molecule has 0 heteroatoms. The summed E-state index contributed by atoms with van der Waals surface area (Å²) in [7, 11) is 0. The first-order valence-electron chi connectivity index (χ1n) is 9.47. The molecule has 0 nitrogen and oxygen atoms in total. The SMILES string of the molecule is CCC(CCCC1CC1C(C)CC)CC(C)(C)C1CC1. The summed E-state index contributed by atoms with van der Waals surface area (Å²) < 4.78 is 0. The van der Waals surface area contributed by atoms with Gasteiger partial charge in [-0.3, -0.25) is 0 Å². The fourth-order valence-electron chi connectivity index (χ4n) is 4.50. The highest BCUT2D eigenvalue weighted by Crippen LogP contribution is 2.50. The minimum atomic E-state index is 0.625. The molecule has 4 unspecified atom stereocenters. The van der Waals surface area contributed by atoms with Crippen molar-refractivity contribution in [2.75, 3.05) is 0 Å². The maximum absolute atomic E-state index is 2.52. The Labute approximate surface area is 128 Å². The fraction of sp³-hybridized carbons (Fsp3) is 1.00. The topological polar surface area (TPSA) is 0 Å². The maximum atomic E-state index is 2.52. The molecule has 0 amide bonds. The predicted molar refractivity (Wildman–Crippen MR) is 89.8 cm³/mol.